The topological polar surface area (TPSA) is 42.2 Å². The van der Waals surface area contributed by atoms with E-state index in [1.54, 1.807) is 6.20 Å². The van der Waals surface area contributed by atoms with E-state index in [4.69, 9.17) is 11.6 Å². The number of alkyl halides is 1. The van der Waals surface area contributed by atoms with Gasteiger partial charge in [-0.2, -0.15) is 5.10 Å². The first kappa shape index (κ1) is 16.1. The molecule has 0 aliphatic carbocycles. The Kier molecular flexibility index (Phi) is 5.45. The summed E-state index contributed by atoms with van der Waals surface area (Å²) in [5, 5.41) is 8.08. The molecule has 2 heterocycles. The molecule has 0 radical (unpaired) electrons. The van der Waals surface area contributed by atoms with Gasteiger partial charge in [-0.05, 0) is 17.9 Å². The smallest absolute Gasteiger partial charge is 0.152 e. The van der Waals surface area contributed by atoms with Crippen molar-refractivity contribution >= 4 is 22.9 Å². The van der Waals surface area contributed by atoms with E-state index >= 15 is 0 Å². The number of nitrogens with zero attached hydrogens (tertiary/aromatic N) is 3. The fraction of sp³-hybridized carbons (Fsp3) is 0.625. The number of anilines is 1. The molecule has 0 spiro atoms. The van der Waals surface area contributed by atoms with E-state index in [-0.39, 0.29) is 5.38 Å². The summed E-state index contributed by atoms with van der Waals surface area (Å²) in [6, 6.07) is 2.10. The highest BCUT2D eigenvalue weighted by molar-refractivity contribution is 6.21. The van der Waals surface area contributed by atoms with E-state index in [1.807, 2.05) is 10.7 Å². The summed E-state index contributed by atoms with van der Waals surface area (Å²) in [5.41, 5.74) is 2.09. The van der Waals surface area contributed by atoms with Crippen LogP contribution in [0.4, 0.5) is 5.82 Å². The fourth-order valence-electron chi connectivity index (χ4n) is 2.52. The molecule has 21 heavy (non-hydrogen) atoms. The third kappa shape index (κ3) is 3.67. The first-order chi connectivity index (χ1) is 10.1. The molecule has 0 aliphatic rings. The van der Waals surface area contributed by atoms with Crippen molar-refractivity contribution < 1.29 is 0 Å². The molecule has 1 unspecified atom stereocenters. The average molecular weight is 309 g/mol. The molecule has 0 saturated carbocycles. The Morgan fingerprint density at radius 2 is 2.00 bits per heavy atom. The van der Waals surface area contributed by atoms with Crippen molar-refractivity contribution in [1.29, 1.82) is 0 Å². The summed E-state index contributed by atoms with van der Waals surface area (Å²) < 4.78 is 1.88. The molecule has 0 aromatic carbocycles. The Morgan fingerprint density at radius 3 is 2.62 bits per heavy atom. The fourth-order valence-corrected chi connectivity index (χ4v) is 2.95. The molecule has 1 N–H and O–H groups in total. The molecule has 2 aromatic rings. The average Bonchev–Trinajstić information content (AvgIpc) is 2.91. The van der Waals surface area contributed by atoms with E-state index in [0.29, 0.717) is 11.8 Å². The molecule has 0 amide bonds. The van der Waals surface area contributed by atoms with Gasteiger partial charge in [0.15, 0.2) is 5.82 Å². The van der Waals surface area contributed by atoms with Crippen molar-refractivity contribution in [2.75, 3.05) is 11.9 Å². The van der Waals surface area contributed by atoms with Gasteiger partial charge in [0.1, 0.15) is 5.52 Å². The minimum Gasteiger partial charge on any atom is -0.367 e. The van der Waals surface area contributed by atoms with Gasteiger partial charge in [-0.1, -0.05) is 40.5 Å². The lowest BCUT2D eigenvalue weighted by Gasteiger charge is -2.19. The highest BCUT2D eigenvalue weighted by atomic mass is 35.5. The largest absolute Gasteiger partial charge is 0.367 e. The van der Waals surface area contributed by atoms with Crippen LogP contribution in [0.1, 0.15) is 52.1 Å². The van der Waals surface area contributed by atoms with Gasteiger partial charge < -0.3 is 5.32 Å². The molecule has 0 bridgehead atoms. The zero-order valence-corrected chi connectivity index (χ0v) is 14.1. The van der Waals surface area contributed by atoms with Crippen LogP contribution in [0, 0.1) is 5.92 Å². The van der Waals surface area contributed by atoms with Gasteiger partial charge in [0.05, 0.1) is 11.1 Å². The maximum atomic E-state index is 6.49. The molecule has 0 fully saturated rings. The molecule has 1 atom stereocenters. The highest BCUT2D eigenvalue weighted by Crippen LogP contribution is 2.22. The van der Waals surface area contributed by atoms with Crippen molar-refractivity contribution in [3.8, 4) is 0 Å². The zero-order valence-electron chi connectivity index (χ0n) is 13.3. The first-order valence-corrected chi connectivity index (χ1v) is 8.22. The van der Waals surface area contributed by atoms with E-state index < -0.39 is 0 Å². The molecule has 2 aromatic heterocycles. The second kappa shape index (κ2) is 7.12. The summed E-state index contributed by atoms with van der Waals surface area (Å²) in [7, 11) is 0. The number of hydrogen-bond donors (Lipinski definition) is 1. The highest BCUT2D eigenvalue weighted by Gasteiger charge is 2.16. The number of hydrogen-bond acceptors (Lipinski definition) is 3. The molecule has 5 heteroatoms. The zero-order chi connectivity index (χ0) is 15.4. The number of nitrogens with one attached hydrogen (secondary N) is 1. The lowest BCUT2D eigenvalue weighted by Crippen LogP contribution is -2.23. The molecular formula is C16H25ClN4. The maximum Gasteiger partial charge on any atom is 0.152 e. The van der Waals surface area contributed by atoms with Gasteiger partial charge in [0.25, 0.3) is 0 Å². The van der Waals surface area contributed by atoms with E-state index in [1.165, 1.54) is 0 Å². The Labute approximate surface area is 131 Å². The summed E-state index contributed by atoms with van der Waals surface area (Å²) >= 11 is 6.49. The molecule has 4 nitrogen and oxygen atoms in total. The van der Waals surface area contributed by atoms with Gasteiger partial charge in [0, 0.05) is 18.9 Å². The third-order valence-electron chi connectivity index (χ3n) is 4.03. The minimum absolute atomic E-state index is 0.120. The van der Waals surface area contributed by atoms with Crippen LogP contribution in [0.5, 0.6) is 0 Å². The Morgan fingerprint density at radius 1 is 1.29 bits per heavy atom. The maximum absolute atomic E-state index is 6.49. The monoisotopic (exact) mass is 308 g/mol. The van der Waals surface area contributed by atoms with Gasteiger partial charge in [-0.15, -0.1) is 11.6 Å². The van der Waals surface area contributed by atoms with Crippen LogP contribution in [0.25, 0.3) is 5.52 Å². The Bertz CT molecular complexity index is 575. The Hall–Kier alpha value is -1.29. The van der Waals surface area contributed by atoms with Crippen molar-refractivity contribution in [3.63, 3.8) is 0 Å². The van der Waals surface area contributed by atoms with Crippen molar-refractivity contribution in [2.24, 2.45) is 5.92 Å². The second-order valence-electron chi connectivity index (χ2n) is 5.80. The number of aromatic nitrogens is 3. The van der Waals surface area contributed by atoms with Gasteiger partial charge in [0.2, 0.25) is 0 Å². The van der Waals surface area contributed by atoms with E-state index in [9.17, 15) is 0 Å². The van der Waals surface area contributed by atoms with Crippen LogP contribution in [-0.4, -0.2) is 26.5 Å². The van der Waals surface area contributed by atoms with Crippen molar-refractivity contribution in [1.82, 2.24) is 14.6 Å². The minimum atomic E-state index is 0.120. The third-order valence-corrected chi connectivity index (χ3v) is 4.54. The number of rotatable bonds is 7. The predicted octanol–water partition coefficient (Wildman–Crippen LogP) is 4.31. The second-order valence-corrected chi connectivity index (χ2v) is 6.36. The Balaban J connectivity index is 2.15. The normalized spacial score (nSPS) is 13.3. The quantitative estimate of drug-likeness (QED) is 0.775. The van der Waals surface area contributed by atoms with Crippen molar-refractivity contribution in [3.05, 3.63) is 24.2 Å². The van der Waals surface area contributed by atoms with E-state index in [0.717, 1.165) is 36.4 Å². The lowest BCUT2D eigenvalue weighted by molar-refractivity contribution is 0.475. The molecule has 116 valence electrons. The molecular weight excluding hydrogens is 284 g/mol. The van der Waals surface area contributed by atoms with Gasteiger partial charge >= 0.3 is 0 Å². The summed E-state index contributed by atoms with van der Waals surface area (Å²) in [6.45, 7) is 9.39. The van der Waals surface area contributed by atoms with Gasteiger partial charge in [-0.3, -0.25) is 0 Å². The summed E-state index contributed by atoms with van der Waals surface area (Å²) in [4.78, 5) is 4.43. The SMILES string of the molecule is CCC(CC)C(Cl)CNc1nccn2nc(C(C)C)cc12. The van der Waals surface area contributed by atoms with Crippen LogP contribution in [0.15, 0.2) is 18.5 Å². The molecule has 0 saturated heterocycles. The number of fused-ring (bicyclic) bond motifs is 1. The van der Waals surface area contributed by atoms with Crippen LogP contribution < -0.4 is 5.32 Å². The predicted molar refractivity (Wildman–Crippen MR) is 89.3 cm³/mol. The van der Waals surface area contributed by atoms with Crippen LogP contribution in [0.3, 0.4) is 0 Å². The van der Waals surface area contributed by atoms with Crippen molar-refractivity contribution in [2.45, 2.75) is 51.8 Å². The van der Waals surface area contributed by atoms with Crippen LogP contribution in [-0.2, 0) is 0 Å². The van der Waals surface area contributed by atoms with Crippen LogP contribution >= 0.6 is 11.6 Å². The molecule has 0 aliphatic heterocycles. The van der Waals surface area contributed by atoms with Gasteiger partial charge in [-0.25, -0.2) is 9.50 Å². The number of halogens is 1. The summed E-state index contributed by atoms with van der Waals surface area (Å²) in [5.74, 6) is 1.80. The van der Waals surface area contributed by atoms with Crippen LogP contribution in [0.2, 0.25) is 0 Å². The summed E-state index contributed by atoms with van der Waals surface area (Å²) in [6.07, 6.45) is 5.86. The van der Waals surface area contributed by atoms with E-state index in [2.05, 4.69) is 49.2 Å². The first-order valence-electron chi connectivity index (χ1n) is 7.79. The standard InChI is InChI=1S/C16H25ClN4/c1-5-12(6-2)13(17)10-19-16-15-9-14(11(3)4)20-21(15)8-7-18-16/h7-9,11-13H,5-6,10H2,1-4H3,(H,18,19). The lowest BCUT2D eigenvalue weighted by atomic mass is 9.99. The molecule has 2 rings (SSSR count).